The summed E-state index contributed by atoms with van der Waals surface area (Å²) in [4.78, 5) is 16.7. The van der Waals surface area contributed by atoms with Crippen molar-refractivity contribution in [2.45, 2.75) is 13.0 Å². The van der Waals surface area contributed by atoms with Gasteiger partial charge in [-0.1, -0.05) is 29.5 Å². The van der Waals surface area contributed by atoms with Crippen molar-refractivity contribution in [3.63, 3.8) is 0 Å². The minimum Gasteiger partial charge on any atom is -0.493 e. The molecule has 0 spiro atoms. The highest BCUT2D eigenvalue weighted by Crippen LogP contribution is 2.36. The van der Waals surface area contributed by atoms with Crippen molar-refractivity contribution < 1.29 is 19.0 Å². The molecule has 0 aliphatic heterocycles. The molecule has 1 heterocycles. The Balaban J connectivity index is 1.74. The molecule has 1 atom stereocenters. The molecule has 0 aliphatic carbocycles. The second-order valence-electron chi connectivity index (χ2n) is 5.26. The number of hydrogen-bond donors (Lipinski definition) is 1. The van der Waals surface area contributed by atoms with E-state index in [1.807, 2.05) is 24.3 Å². The molecule has 3 rings (SSSR count). The maximum atomic E-state index is 12.3. The molecule has 0 saturated carbocycles. The van der Waals surface area contributed by atoms with Crippen LogP contribution in [0.1, 0.15) is 6.92 Å². The van der Waals surface area contributed by atoms with Crippen LogP contribution in [0.15, 0.2) is 42.5 Å². The molecule has 0 bridgehead atoms. The Kier molecular flexibility index (Phi) is 5.04. The molecule has 0 radical (unpaired) electrons. The van der Waals surface area contributed by atoms with Crippen LogP contribution in [0.2, 0.25) is 0 Å². The third-order valence-electron chi connectivity index (χ3n) is 3.55. The van der Waals surface area contributed by atoms with Crippen molar-refractivity contribution in [1.82, 2.24) is 4.98 Å². The molecule has 0 aliphatic rings. The maximum Gasteiger partial charge on any atom is 0.266 e. The number of thiazole rings is 1. The summed E-state index contributed by atoms with van der Waals surface area (Å²) in [5, 5.41) is 3.29. The first-order chi connectivity index (χ1) is 12.1. The first-order valence-electron chi connectivity index (χ1n) is 7.66. The fourth-order valence-corrected chi connectivity index (χ4v) is 3.15. The molecular weight excluding hydrogens is 340 g/mol. The van der Waals surface area contributed by atoms with E-state index >= 15 is 0 Å². The molecule has 2 aromatic carbocycles. The predicted octanol–water partition coefficient (Wildman–Crippen LogP) is 3.72. The Morgan fingerprint density at radius 1 is 1.12 bits per heavy atom. The van der Waals surface area contributed by atoms with Gasteiger partial charge in [0.25, 0.3) is 5.91 Å². The van der Waals surface area contributed by atoms with E-state index in [2.05, 4.69) is 10.3 Å². The number of benzene rings is 2. The number of nitrogens with zero attached hydrogens (tertiary/aromatic N) is 1. The van der Waals surface area contributed by atoms with Crippen LogP contribution in [-0.2, 0) is 4.79 Å². The summed E-state index contributed by atoms with van der Waals surface area (Å²) >= 11 is 1.36. The summed E-state index contributed by atoms with van der Waals surface area (Å²) < 4.78 is 17.1. The van der Waals surface area contributed by atoms with Gasteiger partial charge in [0.15, 0.2) is 22.7 Å². The van der Waals surface area contributed by atoms with Crippen LogP contribution in [0.4, 0.5) is 5.13 Å². The van der Waals surface area contributed by atoms with Gasteiger partial charge >= 0.3 is 0 Å². The molecule has 1 aromatic heterocycles. The fourth-order valence-electron chi connectivity index (χ4n) is 2.27. The van der Waals surface area contributed by atoms with E-state index in [4.69, 9.17) is 14.2 Å². The van der Waals surface area contributed by atoms with E-state index in [0.717, 1.165) is 10.2 Å². The monoisotopic (exact) mass is 358 g/mol. The largest absolute Gasteiger partial charge is 0.493 e. The Bertz CT molecular complexity index is 838. The van der Waals surface area contributed by atoms with Gasteiger partial charge < -0.3 is 14.2 Å². The number of carbonyl (C=O) groups excluding carboxylic acids is 1. The lowest BCUT2D eigenvalue weighted by atomic mass is 10.3. The van der Waals surface area contributed by atoms with Gasteiger partial charge in [-0.05, 0) is 19.1 Å². The summed E-state index contributed by atoms with van der Waals surface area (Å²) in [6.45, 7) is 1.70. The van der Waals surface area contributed by atoms with Crippen molar-refractivity contribution >= 4 is 32.6 Å². The van der Waals surface area contributed by atoms with Crippen LogP contribution >= 0.6 is 11.3 Å². The summed E-state index contributed by atoms with van der Waals surface area (Å²) in [5.41, 5.74) is 0.731. The Hall–Kier alpha value is -2.80. The average molecular weight is 358 g/mol. The molecule has 7 heteroatoms. The topological polar surface area (TPSA) is 69.7 Å². The summed E-state index contributed by atoms with van der Waals surface area (Å²) in [7, 11) is 3.15. The molecule has 130 valence electrons. The van der Waals surface area contributed by atoms with Crippen LogP contribution < -0.4 is 19.5 Å². The number of nitrogens with one attached hydrogen (secondary N) is 1. The smallest absolute Gasteiger partial charge is 0.266 e. The number of para-hydroxylation sites is 1. The highest BCUT2D eigenvalue weighted by molar-refractivity contribution is 7.22. The van der Waals surface area contributed by atoms with E-state index in [-0.39, 0.29) is 5.91 Å². The molecule has 1 unspecified atom stereocenters. The quantitative estimate of drug-likeness (QED) is 0.727. The zero-order valence-corrected chi connectivity index (χ0v) is 14.9. The van der Waals surface area contributed by atoms with Crippen LogP contribution in [0.25, 0.3) is 10.2 Å². The van der Waals surface area contributed by atoms with Gasteiger partial charge in [-0.15, -0.1) is 0 Å². The lowest BCUT2D eigenvalue weighted by Crippen LogP contribution is -2.30. The molecule has 6 nitrogen and oxygen atoms in total. The summed E-state index contributed by atoms with van der Waals surface area (Å²) in [6, 6.07) is 12.8. The van der Waals surface area contributed by atoms with Crippen molar-refractivity contribution in [3.8, 4) is 17.2 Å². The van der Waals surface area contributed by atoms with Crippen molar-refractivity contribution in [2.24, 2.45) is 0 Å². The standard InChI is InChI=1S/C18H18N2O4S/c1-11(24-12-7-5-4-6-8-12)17(21)20-18-19-13-9-14(22-2)15(23-3)10-16(13)25-18/h4-11H,1-3H3,(H,19,20,21). The number of ether oxygens (including phenoxy) is 3. The number of fused-ring (bicyclic) bond motifs is 1. The highest BCUT2D eigenvalue weighted by Gasteiger charge is 2.17. The van der Waals surface area contributed by atoms with Gasteiger partial charge in [-0.2, -0.15) is 0 Å². The van der Waals surface area contributed by atoms with E-state index < -0.39 is 6.10 Å². The van der Waals surface area contributed by atoms with Gasteiger partial charge in [0.2, 0.25) is 0 Å². The highest BCUT2D eigenvalue weighted by atomic mass is 32.1. The minimum atomic E-state index is -0.640. The Morgan fingerprint density at radius 3 is 2.48 bits per heavy atom. The van der Waals surface area contributed by atoms with E-state index in [1.165, 1.54) is 11.3 Å². The van der Waals surface area contributed by atoms with Gasteiger partial charge in [-0.3, -0.25) is 10.1 Å². The van der Waals surface area contributed by atoms with Crippen LogP contribution in [0, 0.1) is 0 Å². The molecule has 1 N–H and O–H groups in total. The average Bonchev–Trinajstić information content (AvgIpc) is 3.02. The van der Waals surface area contributed by atoms with E-state index in [1.54, 1.807) is 39.3 Å². The summed E-state index contributed by atoms with van der Waals surface area (Å²) in [6.07, 6.45) is -0.640. The molecule has 0 fully saturated rings. The van der Waals surface area contributed by atoms with Crippen molar-refractivity contribution in [3.05, 3.63) is 42.5 Å². The molecule has 1 amide bonds. The molecule has 25 heavy (non-hydrogen) atoms. The SMILES string of the molecule is COc1cc2nc(NC(=O)C(C)Oc3ccccc3)sc2cc1OC. The maximum absolute atomic E-state index is 12.3. The van der Waals surface area contributed by atoms with Crippen molar-refractivity contribution in [2.75, 3.05) is 19.5 Å². The second-order valence-corrected chi connectivity index (χ2v) is 6.29. The van der Waals surface area contributed by atoms with Crippen LogP contribution in [0.3, 0.4) is 0 Å². The zero-order chi connectivity index (χ0) is 17.8. The first-order valence-corrected chi connectivity index (χ1v) is 8.47. The Morgan fingerprint density at radius 2 is 1.80 bits per heavy atom. The third kappa shape index (κ3) is 3.83. The molecular formula is C18H18N2O4S. The number of rotatable bonds is 6. The number of methoxy groups -OCH3 is 2. The fraction of sp³-hybridized carbons (Fsp3) is 0.222. The van der Waals surface area contributed by atoms with Crippen LogP contribution in [0.5, 0.6) is 17.2 Å². The van der Waals surface area contributed by atoms with Gasteiger partial charge in [0, 0.05) is 12.1 Å². The number of carbonyl (C=O) groups is 1. The number of amides is 1. The van der Waals surface area contributed by atoms with E-state index in [9.17, 15) is 4.79 Å². The predicted molar refractivity (Wildman–Crippen MR) is 97.9 cm³/mol. The minimum absolute atomic E-state index is 0.262. The molecule has 3 aromatic rings. The van der Waals surface area contributed by atoms with Crippen molar-refractivity contribution in [1.29, 1.82) is 0 Å². The molecule has 0 saturated heterocycles. The van der Waals surface area contributed by atoms with Gasteiger partial charge in [0.1, 0.15) is 5.75 Å². The Labute approximate surface area is 149 Å². The normalized spacial score (nSPS) is 11.8. The first kappa shape index (κ1) is 17.0. The lowest BCUT2D eigenvalue weighted by Gasteiger charge is -2.13. The van der Waals surface area contributed by atoms with Crippen LogP contribution in [-0.4, -0.2) is 31.2 Å². The number of aromatic nitrogens is 1. The number of anilines is 1. The van der Waals surface area contributed by atoms with E-state index in [0.29, 0.717) is 22.4 Å². The number of hydrogen-bond acceptors (Lipinski definition) is 6. The zero-order valence-electron chi connectivity index (χ0n) is 14.1. The summed E-state index contributed by atoms with van der Waals surface area (Å²) in [5.74, 6) is 1.60. The lowest BCUT2D eigenvalue weighted by molar-refractivity contribution is -0.122. The van der Waals surface area contributed by atoms with Gasteiger partial charge in [0.05, 0.1) is 24.4 Å². The second kappa shape index (κ2) is 7.40. The third-order valence-corrected chi connectivity index (χ3v) is 4.48. The van der Waals surface area contributed by atoms with Gasteiger partial charge in [-0.25, -0.2) is 4.98 Å².